The molecule has 0 unspecified atom stereocenters. The largest absolute Gasteiger partial charge is 0.371 e. The molecule has 0 atom stereocenters. The zero-order valence-electron chi connectivity index (χ0n) is 3.27. The average Bonchev–Trinajstić information content (AvgIpc) is 1.41. The minimum absolute atomic E-state index is 0.538. The minimum Gasteiger partial charge on any atom is -0.371 e. The maximum absolute atomic E-state index is 4.70. The lowest BCUT2D eigenvalue weighted by Crippen LogP contribution is -1.81. The maximum Gasteiger partial charge on any atom is 0.0892 e. The van der Waals surface area contributed by atoms with Crippen molar-refractivity contribution in [2.24, 2.45) is 0 Å². The van der Waals surface area contributed by atoms with Crippen molar-refractivity contribution in [1.82, 2.24) is 0 Å². The van der Waals surface area contributed by atoms with E-state index in [1.807, 2.05) is 6.92 Å². The molecule has 0 aromatic heterocycles. The summed E-state index contributed by atoms with van der Waals surface area (Å²) in [6.07, 6.45) is 0. The van der Waals surface area contributed by atoms with Gasteiger partial charge in [0.15, 0.2) is 0 Å². The molecule has 0 aliphatic heterocycles. The summed E-state index contributed by atoms with van der Waals surface area (Å²) in [5.74, 6) is 0.538. The first-order valence-electron chi connectivity index (χ1n) is 1.60. The van der Waals surface area contributed by atoms with Crippen molar-refractivity contribution in [1.29, 1.82) is 0 Å². The Kier molecular flexibility index (Phi) is 4.58. The molecule has 0 spiro atoms. The van der Waals surface area contributed by atoms with Crippen molar-refractivity contribution >= 4 is 12.6 Å². The summed E-state index contributed by atoms with van der Waals surface area (Å²) in [6, 6.07) is 0. The topological polar surface area (TPSA) is 9.23 Å². The zero-order chi connectivity index (χ0) is 4.12. The van der Waals surface area contributed by atoms with E-state index in [-0.39, 0.29) is 0 Å². The van der Waals surface area contributed by atoms with Gasteiger partial charge in [-0.15, -0.1) is 0 Å². The van der Waals surface area contributed by atoms with Crippen LogP contribution in [0.5, 0.6) is 0 Å². The highest BCUT2D eigenvalue weighted by molar-refractivity contribution is 7.80. The summed E-state index contributed by atoms with van der Waals surface area (Å²) >= 11 is 3.78. The second-order valence-corrected chi connectivity index (χ2v) is 0.880. The van der Waals surface area contributed by atoms with Crippen LogP contribution < -0.4 is 0 Å². The second kappa shape index (κ2) is 4.31. The van der Waals surface area contributed by atoms with Crippen LogP contribution in [0.2, 0.25) is 0 Å². The molecule has 5 heavy (non-hydrogen) atoms. The van der Waals surface area contributed by atoms with E-state index in [1.54, 1.807) is 0 Å². The predicted molar refractivity (Wildman–Crippen MR) is 25.5 cm³/mol. The van der Waals surface area contributed by atoms with Gasteiger partial charge in [0.1, 0.15) is 0 Å². The van der Waals surface area contributed by atoms with Crippen molar-refractivity contribution in [3.63, 3.8) is 0 Å². The van der Waals surface area contributed by atoms with E-state index in [9.17, 15) is 0 Å². The van der Waals surface area contributed by atoms with Crippen molar-refractivity contribution in [2.75, 3.05) is 12.5 Å². The van der Waals surface area contributed by atoms with Gasteiger partial charge >= 0.3 is 0 Å². The summed E-state index contributed by atoms with van der Waals surface area (Å²) < 4.78 is 4.70. The van der Waals surface area contributed by atoms with Gasteiger partial charge in [0, 0.05) is 6.61 Å². The van der Waals surface area contributed by atoms with Crippen LogP contribution in [0.1, 0.15) is 6.92 Å². The monoisotopic (exact) mass is 92.0 g/mol. The quantitative estimate of drug-likeness (QED) is 0.393. The fourth-order valence-corrected chi connectivity index (χ4v) is 0.274. The van der Waals surface area contributed by atoms with Gasteiger partial charge in [0.25, 0.3) is 0 Å². The van der Waals surface area contributed by atoms with E-state index in [1.165, 1.54) is 0 Å². The third kappa shape index (κ3) is 4.31. The summed E-state index contributed by atoms with van der Waals surface area (Å²) in [6.45, 7) is 2.71. The Morgan fingerprint density at radius 2 is 2.40 bits per heavy atom. The smallest absolute Gasteiger partial charge is 0.0892 e. The van der Waals surface area contributed by atoms with Crippen LogP contribution >= 0.6 is 12.6 Å². The van der Waals surface area contributed by atoms with E-state index in [0.717, 1.165) is 6.61 Å². The van der Waals surface area contributed by atoms with E-state index in [2.05, 4.69) is 12.6 Å². The van der Waals surface area contributed by atoms with Crippen LogP contribution in [0.3, 0.4) is 0 Å². The Labute approximate surface area is 37.7 Å². The molecule has 2 heteroatoms. The highest BCUT2D eigenvalue weighted by atomic mass is 32.1. The molecule has 0 aliphatic rings. The number of hydrogen-bond donors (Lipinski definition) is 1. The molecule has 0 heterocycles. The molecule has 0 bridgehead atoms. The summed E-state index contributed by atoms with van der Waals surface area (Å²) in [5, 5.41) is 0. The van der Waals surface area contributed by atoms with E-state index < -0.39 is 0 Å². The Hall–Kier alpha value is 0.310. The number of hydrogen-bond acceptors (Lipinski definition) is 2. The minimum atomic E-state index is 0.538. The Morgan fingerprint density at radius 1 is 1.80 bits per heavy atom. The highest BCUT2D eigenvalue weighted by Crippen LogP contribution is 1.72. The van der Waals surface area contributed by atoms with Gasteiger partial charge in [-0.25, -0.2) is 0 Å². The summed E-state index contributed by atoms with van der Waals surface area (Å²) in [4.78, 5) is 0. The molecule has 32 valence electrons. The maximum atomic E-state index is 4.70. The van der Waals surface area contributed by atoms with Crippen molar-refractivity contribution < 1.29 is 4.74 Å². The summed E-state index contributed by atoms with van der Waals surface area (Å²) in [7, 11) is 0. The van der Waals surface area contributed by atoms with Crippen LogP contribution in [0.4, 0.5) is 0 Å². The molecular weight excluding hydrogens is 84.1 g/mol. The van der Waals surface area contributed by atoms with E-state index >= 15 is 0 Å². The van der Waals surface area contributed by atoms with Crippen molar-refractivity contribution in [3.05, 3.63) is 0 Å². The number of rotatable bonds is 2. The number of ether oxygens (including phenoxy) is 1. The van der Waals surface area contributed by atoms with Crippen LogP contribution in [0, 0.1) is 0 Å². The van der Waals surface area contributed by atoms with Gasteiger partial charge in [-0.05, 0) is 6.92 Å². The van der Waals surface area contributed by atoms with Crippen molar-refractivity contribution in [2.45, 2.75) is 6.92 Å². The van der Waals surface area contributed by atoms with Crippen LogP contribution in [0.15, 0.2) is 0 Å². The average molecular weight is 92.2 g/mol. The molecule has 0 saturated heterocycles. The molecule has 0 radical (unpaired) electrons. The molecule has 0 fully saturated rings. The lowest BCUT2D eigenvalue weighted by atomic mass is 10.9. The van der Waals surface area contributed by atoms with Crippen LogP contribution in [-0.2, 0) is 4.74 Å². The first kappa shape index (κ1) is 5.31. The SMILES string of the molecule is CCOCS. The van der Waals surface area contributed by atoms with Crippen molar-refractivity contribution in [3.8, 4) is 0 Å². The van der Waals surface area contributed by atoms with Crippen LogP contribution in [0.25, 0.3) is 0 Å². The Bertz CT molecular complexity index is 14.4. The Morgan fingerprint density at radius 3 is 2.40 bits per heavy atom. The summed E-state index contributed by atoms with van der Waals surface area (Å²) in [5.41, 5.74) is 0. The second-order valence-electron chi connectivity index (χ2n) is 0.622. The van der Waals surface area contributed by atoms with E-state index in [4.69, 9.17) is 4.74 Å². The standard InChI is InChI=1S/C3H8OS/c1-2-4-3-5/h5H,2-3H2,1H3. The van der Waals surface area contributed by atoms with Gasteiger partial charge in [-0.1, -0.05) is 0 Å². The molecule has 0 aliphatic carbocycles. The lowest BCUT2D eigenvalue weighted by Gasteiger charge is -1.85. The lowest BCUT2D eigenvalue weighted by molar-refractivity contribution is 0.200. The molecule has 0 N–H and O–H groups in total. The van der Waals surface area contributed by atoms with Gasteiger partial charge in [0.2, 0.25) is 0 Å². The zero-order valence-corrected chi connectivity index (χ0v) is 4.16. The van der Waals surface area contributed by atoms with Crippen LogP contribution in [-0.4, -0.2) is 12.5 Å². The Balaban J connectivity index is 2.19. The fourth-order valence-electron chi connectivity index (χ4n) is 0.0913. The predicted octanol–water partition coefficient (Wildman–Crippen LogP) is 0.910. The third-order valence-corrected chi connectivity index (χ3v) is 0.478. The van der Waals surface area contributed by atoms with Gasteiger partial charge < -0.3 is 4.74 Å². The molecule has 0 rings (SSSR count). The first-order chi connectivity index (χ1) is 2.41. The molecule has 0 saturated carbocycles. The molecule has 0 aromatic carbocycles. The highest BCUT2D eigenvalue weighted by Gasteiger charge is 1.64. The normalized spacial score (nSPS) is 8.40. The first-order valence-corrected chi connectivity index (χ1v) is 2.23. The fraction of sp³-hybridized carbons (Fsp3) is 1.00. The molecule has 0 aromatic rings. The molecular formula is C3H8OS. The van der Waals surface area contributed by atoms with Gasteiger partial charge in [-0.3, -0.25) is 0 Å². The van der Waals surface area contributed by atoms with E-state index in [0.29, 0.717) is 5.94 Å². The molecule has 0 amide bonds. The van der Waals surface area contributed by atoms with Gasteiger partial charge in [0.05, 0.1) is 5.94 Å². The third-order valence-electron chi connectivity index (χ3n) is 0.295. The molecule has 1 nitrogen and oxygen atoms in total. The number of thiol groups is 1. The van der Waals surface area contributed by atoms with Gasteiger partial charge in [-0.2, -0.15) is 12.6 Å².